The van der Waals surface area contributed by atoms with Crippen LogP contribution in [0.3, 0.4) is 0 Å². The smallest absolute Gasteiger partial charge is 0.124 e. The first-order valence-electron chi connectivity index (χ1n) is 7.11. The number of phenols is 1. The van der Waals surface area contributed by atoms with Crippen LogP contribution in [0.1, 0.15) is 24.4 Å². The highest BCUT2D eigenvalue weighted by atomic mass is 35.5. The summed E-state index contributed by atoms with van der Waals surface area (Å²) in [6.07, 6.45) is 2.56. The van der Waals surface area contributed by atoms with Crippen molar-refractivity contribution in [2.45, 2.75) is 18.9 Å². The van der Waals surface area contributed by atoms with E-state index in [0.717, 1.165) is 37.5 Å². The molecule has 6 heteroatoms. The summed E-state index contributed by atoms with van der Waals surface area (Å²) in [6, 6.07) is 6.08. The molecule has 3 rings (SSSR count). The van der Waals surface area contributed by atoms with E-state index < -0.39 is 0 Å². The molecule has 4 nitrogen and oxygen atoms in total. The number of benzene rings is 1. The van der Waals surface area contributed by atoms with Crippen LogP contribution in [0.5, 0.6) is 11.5 Å². The standard InChI is InChI=1S/C15H22N2O2.2ClH/c1-19-12-4-5-13(14(18)10-12)15(11-2-3-11)17-8-6-16-7-9-17;;/h4-5,10-11,15-16,18H,2-3,6-9H2,1H3;2*1H/t15-;;/m0../s1. The van der Waals surface area contributed by atoms with Crippen molar-refractivity contribution in [2.75, 3.05) is 33.3 Å². The van der Waals surface area contributed by atoms with Gasteiger partial charge in [-0.05, 0) is 24.8 Å². The Labute approximate surface area is 138 Å². The van der Waals surface area contributed by atoms with Crippen molar-refractivity contribution < 1.29 is 9.84 Å². The summed E-state index contributed by atoms with van der Waals surface area (Å²) in [4.78, 5) is 2.51. The van der Waals surface area contributed by atoms with Gasteiger partial charge >= 0.3 is 0 Å². The first kappa shape index (κ1) is 18.4. The highest BCUT2D eigenvalue weighted by Gasteiger charge is 2.37. The number of nitrogens with zero attached hydrogens (tertiary/aromatic N) is 1. The Balaban J connectivity index is 0.00000110. The average molecular weight is 335 g/mol. The van der Waals surface area contributed by atoms with Gasteiger partial charge in [0.15, 0.2) is 0 Å². The third-order valence-corrected chi connectivity index (χ3v) is 4.17. The van der Waals surface area contributed by atoms with Crippen molar-refractivity contribution in [3.05, 3.63) is 23.8 Å². The van der Waals surface area contributed by atoms with Crippen molar-refractivity contribution in [1.82, 2.24) is 10.2 Å². The van der Waals surface area contributed by atoms with Crippen LogP contribution in [0, 0.1) is 5.92 Å². The molecule has 1 saturated heterocycles. The molecule has 1 aromatic rings. The van der Waals surface area contributed by atoms with Gasteiger partial charge in [0.05, 0.1) is 7.11 Å². The minimum absolute atomic E-state index is 0. The van der Waals surface area contributed by atoms with E-state index in [4.69, 9.17) is 4.74 Å². The van der Waals surface area contributed by atoms with Crippen molar-refractivity contribution >= 4 is 24.8 Å². The third-order valence-electron chi connectivity index (χ3n) is 4.17. The lowest BCUT2D eigenvalue weighted by Crippen LogP contribution is -2.45. The molecule has 0 unspecified atom stereocenters. The first-order valence-corrected chi connectivity index (χ1v) is 7.11. The van der Waals surface area contributed by atoms with E-state index in [9.17, 15) is 5.11 Å². The second-order valence-electron chi connectivity index (χ2n) is 5.49. The van der Waals surface area contributed by atoms with Crippen LogP contribution in [0.2, 0.25) is 0 Å². The number of nitrogens with one attached hydrogen (secondary N) is 1. The number of rotatable bonds is 4. The zero-order valence-corrected chi connectivity index (χ0v) is 13.9. The van der Waals surface area contributed by atoms with E-state index in [0.29, 0.717) is 17.7 Å². The lowest BCUT2D eigenvalue weighted by Gasteiger charge is -2.35. The molecule has 2 N–H and O–H groups in total. The molecular weight excluding hydrogens is 311 g/mol. The van der Waals surface area contributed by atoms with Gasteiger partial charge < -0.3 is 15.2 Å². The summed E-state index contributed by atoms with van der Waals surface area (Å²) >= 11 is 0. The molecular formula is C15H24Cl2N2O2. The van der Waals surface area contributed by atoms with E-state index in [1.54, 1.807) is 13.2 Å². The van der Waals surface area contributed by atoms with Crippen molar-refractivity contribution in [2.24, 2.45) is 5.92 Å². The maximum atomic E-state index is 10.3. The molecule has 21 heavy (non-hydrogen) atoms. The van der Waals surface area contributed by atoms with Gasteiger partial charge in [-0.25, -0.2) is 0 Å². The van der Waals surface area contributed by atoms with E-state index in [2.05, 4.69) is 10.2 Å². The number of hydrogen-bond acceptors (Lipinski definition) is 4. The van der Waals surface area contributed by atoms with Gasteiger partial charge in [0.2, 0.25) is 0 Å². The van der Waals surface area contributed by atoms with Crippen molar-refractivity contribution in [3.63, 3.8) is 0 Å². The zero-order chi connectivity index (χ0) is 13.2. The molecule has 1 heterocycles. The SMILES string of the molecule is COc1ccc([C@H](C2CC2)N2CCNCC2)c(O)c1.Cl.Cl. The van der Waals surface area contributed by atoms with Crippen LogP contribution < -0.4 is 10.1 Å². The molecule has 1 aliphatic heterocycles. The molecule has 1 atom stereocenters. The summed E-state index contributed by atoms with van der Waals surface area (Å²) in [7, 11) is 1.63. The van der Waals surface area contributed by atoms with Crippen molar-refractivity contribution in [1.29, 1.82) is 0 Å². The summed E-state index contributed by atoms with van der Waals surface area (Å²) < 4.78 is 5.17. The van der Waals surface area contributed by atoms with Crippen LogP contribution in [-0.2, 0) is 0 Å². The van der Waals surface area contributed by atoms with E-state index >= 15 is 0 Å². The first-order chi connectivity index (χ1) is 9.29. The zero-order valence-electron chi connectivity index (χ0n) is 12.2. The molecule has 2 aliphatic rings. The highest BCUT2D eigenvalue weighted by molar-refractivity contribution is 5.85. The van der Waals surface area contributed by atoms with Crippen LogP contribution in [0.4, 0.5) is 0 Å². The van der Waals surface area contributed by atoms with Gasteiger partial charge in [0.25, 0.3) is 0 Å². The molecule has 0 spiro atoms. The van der Waals surface area contributed by atoms with E-state index in [1.165, 1.54) is 12.8 Å². The number of ether oxygens (including phenoxy) is 1. The second kappa shape index (κ2) is 8.08. The van der Waals surface area contributed by atoms with E-state index in [-0.39, 0.29) is 24.8 Å². The molecule has 0 amide bonds. The number of hydrogen-bond donors (Lipinski definition) is 2. The highest BCUT2D eigenvalue weighted by Crippen LogP contribution is 2.47. The largest absolute Gasteiger partial charge is 0.507 e. The van der Waals surface area contributed by atoms with Gasteiger partial charge in [-0.15, -0.1) is 24.8 Å². The quantitative estimate of drug-likeness (QED) is 0.888. The van der Waals surface area contributed by atoms with Gasteiger partial charge in [-0.3, -0.25) is 4.90 Å². The Bertz CT molecular complexity index is 449. The molecule has 1 aromatic carbocycles. The van der Waals surface area contributed by atoms with Crippen LogP contribution in [-0.4, -0.2) is 43.3 Å². The number of aromatic hydroxyl groups is 1. The summed E-state index contributed by atoms with van der Waals surface area (Å²) in [6.45, 7) is 4.21. The molecule has 0 bridgehead atoms. The minimum Gasteiger partial charge on any atom is -0.507 e. The predicted octanol–water partition coefficient (Wildman–Crippen LogP) is 2.60. The predicted molar refractivity (Wildman–Crippen MR) is 89.1 cm³/mol. The van der Waals surface area contributed by atoms with Gasteiger partial charge in [-0.2, -0.15) is 0 Å². The molecule has 2 fully saturated rings. The number of methoxy groups -OCH3 is 1. The molecule has 120 valence electrons. The summed E-state index contributed by atoms with van der Waals surface area (Å²) in [5, 5.41) is 13.7. The van der Waals surface area contributed by atoms with Gasteiger partial charge in [-0.1, -0.05) is 6.07 Å². The number of piperazine rings is 1. The van der Waals surface area contributed by atoms with Gasteiger partial charge in [0.1, 0.15) is 11.5 Å². The minimum atomic E-state index is 0. The molecule has 0 aromatic heterocycles. The van der Waals surface area contributed by atoms with E-state index in [1.807, 2.05) is 12.1 Å². The average Bonchev–Trinajstić information content (AvgIpc) is 3.27. The Morgan fingerprint density at radius 1 is 1.24 bits per heavy atom. The fraction of sp³-hybridized carbons (Fsp3) is 0.600. The van der Waals surface area contributed by atoms with Crippen LogP contribution in [0.15, 0.2) is 18.2 Å². The lowest BCUT2D eigenvalue weighted by molar-refractivity contribution is 0.153. The second-order valence-corrected chi connectivity index (χ2v) is 5.49. The lowest BCUT2D eigenvalue weighted by atomic mass is 9.98. The maximum absolute atomic E-state index is 10.3. The number of phenolic OH excluding ortho intramolecular Hbond substituents is 1. The van der Waals surface area contributed by atoms with Gasteiger partial charge in [0, 0.05) is 43.9 Å². The fourth-order valence-corrected chi connectivity index (χ4v) is 3.02. The monoisotopic (exact) mass is 334 g/mol. The Morgan fingerprint density at radius 2 is 1.90 bits per heavy atom. The molecule has 0 radical (unpaired) electrons. The Morgan fingerprint density at radius 3 is 2.43 bits per heavy atom. The topological polar surface area (TPSA) is 44.7 Å². The third kappa shape index (κ3) is 4.16. The number of halogens is 2. The van der Waals surface area contributed by atoms with Crippen LogP contribution in [0.25, 0.3) is 0 Å². The molecule has 1 saturated carbocycles. The normalized spacial score (nSPS) is 20.0. The Kier molecular flexibility index (Phi) is 7.07. The molecule has 1 aliphatic carbocycles. The summed E-state index contributed by atoms with van der Waals surface area (Å²) in [5.41, 5.74) is 1.06. The Hall–Kier alpha value is -0.680. The fourth-order valence-electron chi connectivity index (χ4n) is 3.02. The summed E-state index contributed by atoms with van der Waals surface area (Å²) in [5.74, 6) is 1.79. The maximum Gasteiger partial charge on any atom is 0.124 e. The van der Waals surface area contributed by atoms with Crippen molar-refractivity contribution in [3.8, 4) is 11.5 Å². The van der Waals surface area contributed by atoms with Crippen LogP contribution >= 0.6 is 24.8 Å².